The molecule has 1 aromatic rings. The van der Waals surface area contributed by atoms with Crippen molar-refractivity contribution in [3.05, 3.63) is 28.8 Å². The Balaban J connectivity index is 2.68. The molecule has 0 radical (unpaired) electrons. The molecule has 2 N–H and O–H groups in total. The molecule has 0 unspecified atom stereocenters. The van der Waals surface area contributed by atoms with Crippen molar-refractivity contribution in [2.45, 2.75) is 13.5 Å². The molecule has 1 aromatic carbocycles. The molecule has 0 aliphatic heterocycles. The number of hydrogen-bond donors (Lipinski definition) is 2. The summed E-state index contributed by atoms with van der Waals surface area (Å²) in [5, 5.41) is 6.59. The fourth-order valence-corrected chi connectivity index (χ4v) is 2.15. The van der Waals surface area contributed by atoms with Crippen molar-refractivity contribution in [3.8, 4) is 0 Å². The van der Waals surface area contributed by atoms with Crippen LogP contribution in [0.3, 0.4) is 0 Å². The zero-order valence-electron chi connectivity index (χ0n) is 12.9. The van der Waals surface area contributed by atoms with Gasteiger partial charge in [0.25, 0.3) is 0 Å². The van der Waals surface area contributed by atoms with Crippen molar-refractivity contribution >= 4 is 23.2 Å². The van der Waals surface area contributed by atoms with Crippen LogP contribution in [0.4, 0.5) is 5.69 Å². The van der Waals surface area contributed by atoms with E-state index in [-0.39, 0.29) is 5.91 Å². The summed E-state index contributed by atoms with van der Waals surface area (Å²) < 4.78 is 4.98. The van der Waals surface area contributed by atoms with E-state index < -0.39 is 0 Å². The zero-order valence-corrected chi connectivity index (χ0v) is 13.7. The summed E-state index contributed by atoms with van der Waals surface area (Å²) in [6.07, 6.45) is 0. The van der Waals surface area contributed by atoms with Gasteiger partial charge in [-0.2, -0.15) is 0 Å². The average molecular weight is 314 g/mol. The molecule has 0 saturated heterocycles. The molecule has 1 amide bonds. The van der Waals surface area contributed by atoms with Crippen molar-refractivity contribution in [2.24, 2.45) is 0 Å². The number of halogens is 1. The van der Waals surface area contributed by atoms with Crippen LogP contribution in [0.2, 0.25) is 5.02 Å². The van der Waals surface area contributed by atoms with E-state index in [4.69, 9.17) is 16.3 Å². The van der Waals surface area contributed by atoms with Crippen LogP contribution in [-0.2, 0) is 16.1 Å². The minimum Gasteiger partial charge on any atom is -0.383 e. The van der Waals surface area contributed by atoms with Gasteiger partial charge in [0.15, 0.2) is 0 Å². The number of nitrogens with one attached hydrogen (secondary N) is 2. The quantitative estimate of drug-likeness (QED) is 0.681. The third-order valence-electron chi connectivity index (χ3n) is 3.20. The first-order valence-electron chi connectivity index (χ1n) is 7.06. The summed E-state index contributed by atoms with van der Waals surface area (Å²) in [7, 11) is 3.31. The van der Waals surface area contributed by atoms with Gasteiger partial charge in [-0.1, -0.05) is 17.7 Å². The number of anilines is 1. The van der Waals surface area contributed by atoms with Gasteiger partial charge in [0.1, 0.15) is 0 Å². The fourth-order valence-electron chi connectivity index (χ4n) is 1.91. The monoisotopic (exact) mass is 313 g/mol. The fraction of sp³-hybridized carbons (Fsp3) is 0.533. The topological polar surface area (TPSA) is 53.6 Å². The van der Waals surface area contributed by atoms with E-state index in [0.29, 0.717) is 24.7 Å². The first-order valence-corrected chi connectivity index (χ1v) is 7.43. The van der Waals surface area contributed by atoms with Gasteiger partial charge < -0.3 is 20.3 Å². The number of amides is 1. The van der Waals surface area contributed by atoms with Crippen molar-refractivity contribution in [1.82, 2.24) is 10.6 Å². The van der Waals surface area contributed by atoms with E-state index >= 15 is 0 Å². The lowest BCUT2D eigenvalue weighted by atomic mass is 10.2. The summed E-state index contributed by atoms with van der Waals surface area (Å²) in [4.78, 5) is 13.5. The SMILES string of the molecule is CCN(CC(=O)NC)c1ccc(CNCCOC)c(Cl)c1. The number of carbonyl (C=O) groups is 1. The molecule has 0 spiro atoms. The first kappa shape index (κ1) is 17.8. The molecule has 0 aliphatic rings. The van der Waals surface area contributed by atoms with E-state index in [0.717, 1.165) is 24.3 Å². The molecule has 6 heteroatoms. The highest BCUT2D eigenvalue weighted by atomic mass is 35.5. The summed E-state index contributed by atoms with van der Waals surface area (Å²) in [5.74, 6) is -0.0155. The van der Waals surface area contributed by atoms with Crippen LogP contribution in [0, 0.1) is 0 Å². The molecule has 118 valence electrons. The van der Waals surface area contributed by atoms with E-state index in [1.54, 1.807) is 14.2 Å². The Bertz CT molecular complexity index is 455. The Morgan fingerprint density at radius 3 is 2.76 bits per heavy atom. The number of ether oxygens (including phenoxy) is 1. The second kappa shape index (κ2) is 9.60. The Morgan fingerprint density at radius 2 is 2.19 bits per heavy atom. The number of likely N-dealkylation sites (N-methyl/N-ethyl adjacent to an activating group) is 2. The highest BCUT2D eigenvalue weighted by molar-refractivity contribution is 6.31. The minimum absolute atomic E-state index is 0.0155. The highest BCUT2D eigenvalue weighted by Crippen LogP contribution is 2.23. The van der Waals surface area contributed by atoms with Crippen LogP contribution in [-0.4, -0.2) is 46.3 Å². The number of methoxy groups -OCH3 is 1. The Morgan fingerprint density at radius 1 is 1.43 bits per heavy atom. The van der Waals surface area contributed by atoms with Gasteiger partial charge in [0.2, 0.25) is 5.91 Å². The number of rotatable bonds is 9. The molecule has 0 aliphatic carbocycles. The summed E-state index contributed by atoms with van der Waals surface area (Å²) in [6.45, 7) is 5.24. The standard InChI is InChI=1S/C15H24ClN3O2/c1-4-19(11-15(20)17-2)13-6-5-12(14(16)9-13)10-18-7-8-21-3/h5-6,9,18H,4,7-8,10-11H2,1-3H3,(H,17,20). The normalized spacial score (nSPS) is 10.5. The maximum Gasteiger partial charge on any atom is 0.239 e. The van der Waals surface area contributed by atoms with E-state index in [1.165, 1.54) is 0 Å². The number of nitrogens with zero attached hydrogens (tertiary/aromatic N) is 1. The lowest BCUT2D eigenvalue weighted by molar-refractivity contribution is -0.119. The molecule has 5 nitrogen and oxygen atoms in total. The van der Waals surface area contributed by atoms with E-state index in [1.807, 2.05) is 30.0 Å². The Kier molecular flexibility index (Phi) is 8.12. The van der Waals surface area contributed by atoms with Crippen molar-refractivity contribution < 1.29 is 9.53 Å². The minimum atomic E-state index is -0.0155. The van der Waals surface area contributed by atoms with Gasteiger partial charge in [-0.15, -0.1) is 0 Å². The third kappa shape index (κ3) is 5.91. The molecule has 0 aromatic heterocycles. The third-order valence-corrected chi connectivity index (χ3v) is 3.55. The van der Waals surface area contributed by atoms with Gasteiger partial charge in [0, 0.05) is 44.5 Å². The van der Waals surface area contributed by atoms with Crippen LogP contribution in [0.1, 0.15) is 12.5 Å². The maximum atomic E-state index is 11.5. The van der Waals surface area contributed by atoms with Gasteiger partial charge in [-0.05, 0) is 24.6 Å². The molecular formula is C15H24ClN3O2. The zero-order chi connectivity index (χ0) is 15.7. The Hall–Kier alpha value is -1.30. The van der Waals surface area contributed by atoms with Gasteiger partial charge in [-0.3, -0.25) is 4.79 Å². The van der Waals surface area contributed by atoms with Gasteiger partial charge in [0.05, 0.1) is 13.2 Å². The average Bonchev–Trinajstić information content (AvgIpc) is 2.50. The molecule has 0 bridgehead atoms. The number of hydrogen-bond acceptors (Lipinski definition) is 4. The second-order valence-corrected chi connectivity index (χ2v) is 5.04. The van der Waals surface area contributed by atoms with E-state index in [9.17, 15) is 4.79 Å². The Labute approximate surface area is 131 Å². The predicted octanol–water partition coefficient (Wildman–Crippen LogP) is 1.65. The lowest BCUT2D eigenvalue weighted by Crippen LogP contribution is -2.35. The molecule has 1 rings (SSSR count). The smallest absolute Gasteiger partial charge is 0.239 e. The van der Waals surface area contributed by atoms with Gasteiger partial charge in [-0.25, -0.2) is 0 Å². The summed E-state index contributed by atoms with van der Waals surface area (Å²) in [6, 6.07) is 5.89. The number of carbonyl (C=O) groups excluding carboxylic acids is 1. The lowest BCUT2D eigenvalue weighted by Gasteiger charge is -2.23. The molecule has 0 heterocycles. The first-order chi connectivity index (χ1) is 10.1. The van der Waals surface area contributed by atoms with Crippen molar-refractivity contribution in [2.75, 3.05) is 45.3 Å². The summed E-state index contributed by atoms with van der Waals surface area (Å²) in [5.41, 5.74) is 1.99. The molecule has 21 heavy (non-hydrogen) atoms. The van der Waals surface area contributed by atoms with Crippen LogP contribution in [0.5, 0.6) is 0 Å². The van der Waals surface area contributed by atoms with Crippen LogP contribution in [0.15, 0.2) is 18.2 Å². The predicted molar refractivity (Wildman–Crippen MR) is 87.0 cm³/mol. The van der Waals surface area contributed by atoms with E-state index in [2.05, 4.69) is 10.6 Å². The maximum absolute atomic E-state index is 11.5. The van der Waals surface area contributed by atoms with Crippen molar-refractivity contribution in [1.29, 1.82) is 0 Å². The molecule has 0 saturated carbocycles. The summed E-state index contributed by atoms with van der Waals surface area (Å²) >= 11 is 6.32. The molecule has 0 fully saturated rings. The van der Waals surface area contributed by atoms with Gasteiger partial charge >= 0.3 is 0 Å². The van der Waals surface area contributed by atoms with Crippen molar-refractivity contribution in [3.63, 3.8) is 0 Å². The number of benzene rings is 1. The molecule has 0 atom stereocenters. The van der Waals surface area contributed by atoms with Crippen LogP contribution < -0.4 is 15.5 Å². The largest absolute Gasteiger partial charge is 0.383 e. The highest BCUT2D eigenvalue weighted by Gasteiger charge is 2.10. The van der Waals surface area contributed by atoms with Crippen LogP contribution >= 0.6 is 11.6 Å². The van der Waals surface area contributed by atoms with Crippen LogP contribution in [0.25, 0.3) is 0 Å². The molecular weight excluding hydrogens is 290 g/mol. The second-order valence-electron chi connectivity index (χ2n) is 4.63.